The van der Waals surface area contributed by atoms with Crippen LogP contribution >= 0.6 is 0 Å². The van der Waals surface area contributed by atoms with Crippen molar-refractivity contribution >= 4 is 11.6 Å². The summed E-state index contributed by atoms with van der Waals surface area (Å²) in [5, 5.41) is 5.96. The van der Waals surface area contributed by atoms with Crippen LogP contribution in [0.2, 0.25) is 0 Å². The molecule has 0 bridgehead atoms. The van der Waals surface area contributed by atoms with Crippen LogP contribution in [0.5, 0.6) is 0 Å². The number of hydrogen-bond acceptors (Lipinski definition) is 2. The lowest BCUT2D eigenvalue weighted by Crippen LogP contribution is -2.31. The quantitative estimate of drug-likeness (QED) is 0.853. The van der Waals surface area contributed by atoms with Crippen LogP contribution in [0.15, 0.2) is 54.6 Å². The molecule has 2 rings (SSSR count). The molecule has 21 heavy (non-hydrogen) atoms. The van der Waals surface area contributed by atoms with Crippen molar-refractivity contribution in [3.63, 3.8) is 0 Å². The lowest BCUT2D eigenvalue weighted by atomic mass is 10.0. The lowest BCUT2D eigenvalue weighted by molar-refractivity contribution is -0.115. The Labute approximate surface area is 124 Å². The zero-order valence-electron chi connectivity index (χ0n) is 12.0. The van der Waals surface area contributed by atoms with Crippen molar-refractivity contribution in [3.8, 4) is 0 Å². The van der Waals surface area contributed by atoms with E-state index in [4.69, 9.17) is 0 Å². The maximum atomic E-state index is 12.8. The van der Waals surface area contributed by atoms with Crippen LogP contribution in [0.4, 0.5) is 10.1 Å². The number of anilines is 1. The summed E-state index contributed by atoms with van der Waals surface area (Å²) < 4.78 is 12.8. The fourth-order valence-electron chi connectivity index (χ4n) is 2.14. The monoisotopic (exact) mass is 286 g/mol. The number of amides is 1. The molecule has 0 aliphatic rings. The van der Waals surface area contributed by atoms with E-state index in [9.17, 15) is 9.18 Å². The minimum Gasteiger partial charge on any atom is -0.325 e. The molecular formula is C17H19FN2O. The molecule has 2 N–H and O–H groups in total. The van der Waals surface area contributed by atoms with E-state index >= 15 is 0 Å². The molecule has 2 aromatic carbocycles. The summed E-state index contributed by atoms with van der Waals surface area (Å²) in [4.78, 5) is 11.9. The molecule has 3 nitrogen and oxygen atoms in total. The Morgan fingerprint density at radius 1 is 1.10 bits per heavy atom. The highest BCUT2D eigenvalue weighted by atomic mass is 19.1. The van der Waals surface area contributed by atoms with E-state index in [1.165, 1.54) is 12.1 Å². The molecule has 2 aromatic rings. The SMILES string of the molecule is CCC(NCC(=O)Nc1ccc(F)cc1)c1ccccc1. The molecule has 0 heterocycles. The fourth-order valence-corrected chi connectivity index (χ4v) is 2.14. The van der Waals surface area contributed by atoms with Crippen molar-refractivity contribution < 1.29 is 9.18 Å². The molecule has 0 spiro atoms. The average Bonchev–Trinajstić information content (AvgIpc) is 2.51. The largest absolute Gasteiger partial charge is 0.325 e. The van der Waals surface area contributed by atoms with Gasteiger partial charge in [0.1, 0.15) is 5.82 Å². The first-order chi connectivity index (χ1) is 10.2. The zero-order chi connectivity index (χ0) is 15.1. The summed E-state index contributed by atoms with van der Waals surface area (Å²) >= 11 is 0. The first-order valence-electron chi connectivity index (χ1n) is 7.02. The highest BCUT2D eigenvalue weighted by Gasteiger charge is 2.10. The summed E-state index contributed by atoms with van der Waals surface area (Å²) in [5.41, 5.74) is 1.76. The Kier molecular flexibility index (Phi) is 5.46. The van der Waals surface area contributed by atoms with Gasteiger partial charge in [-0.05, 0) is 36.2 Å². The Balaban J connectivity index is 1.86. The summed E-state index contributed by atoms with van der Waals surface area (Å²) in [7, 11) is 0. The molecular weight excluding hydrogens is 267 g/mol. The number of halogens is 1. The third-order valence-electron chi connectivity index (χ3n) is 3.25. The van der Waals surface area contributed by atoms with Crippen molar-refractivity contribution in [3.05, 3.63) is 66.0 Å². The van der Waals surface area contributed by atoms with Gasteiger partial charge >= 0.3 is 0 Å². The molecule has 0 saturated carbocycles. The van der Waals surface area contributed by atoms with Crippen LogP contribution in [0.1, 0.15) is 24.9 Å². The van der Waals surface area contributed by atoms with Gasteiger partial charge in [-0.3, -0.25) is 4.79 Å². The van der Waals surface area contributed by atoms with E-state index < -0.39 is 0 Å². The molecule has 1 amide bonds. The number of carbonyl (C=O) groups excluding carboxylic acids is 1. The van der Waals surface area contributed by atoms with E-state index in [2.05, 4.69) is 17.6 Å². The van der Waals surface area contributed by atoms with Gasteiger partial charge in [-0.15, -0.1) is 0 Å². The topological polar surface area (TPSA) is 41.1 Å². The molecule has 0 saturated heterocycles. The minimum atomic E-state index is -0.318. The van der Waals surface area contributed by atoms with Crippen LogP contribution in [0.3, 0.4) is 0 Å². The fraction of sp³-hybridized carbons (Fsp3) is 0.235. The van der Waals surface area contributed by atoms with Crippen LogP contribution in [-0.2, 0) is 4.79 Å². The molecule has 4 heteroatoms. The van der Waals surface area contributed by atoms with Gasteiger partial charge in [0.05, 0.1) is 6.54 Å². The number of hydrogen-bond donors (Lipinski definition) is 2. The second-order valence-electron chi connectivity index (χ2n) is 4.81. The number of nitrogens with one attached hydrogen (secondary N) is 2. The second-order valence-corrected chi connectivity index (χ2v) is 4.81. The average molecular weight is 286 g/mol. The maximum Gasteiger partial charge on any atom is 0.238 e. The Hall–Kier alpha value is -2.20. The third kappa shape index (κ3) is 4.68. The van der Waals surface area contributed by atoms with E-state index in [1.807, 2.05) is 30.3 Å². The number of benzene rings is 2. The number of rotatable bonds is 6. The zero-order valence-corrected chi connectivity index (χ0v) is 12.0. The number of carbonyl (C=O) groups is 1. The second kappa shape index (κ2) is 7.55. The maximum absolute atomic E-state index is 12.8. The van der Waals surface area contributed by atoms with Crippen molar-refractivity contribution in [2.24, 2.45) is 0 Å². The van der Waals surface area contributed by atoms with Gasteiger partial charge in [0, 0.05) is 11.7 Å². The van der Waals surface area contributed by atoms with Crippen molar-refractivity contribution in [1.29, 1.82) is 0 Å². The molecule has 0 aromatic heterocycles. The highest BCUT2D eigenvalue weighted by molar-refractivity contribution is 5.92. The van der Waals surface area contributed by atoms with E-state index in [0.29, 0.717) is 5.69 Å². The molecule has 1 unspecified atom stereocenters. The first kappa shape index (κ1) is 15.2. The first-order valence-corrected chi connectivity index (χ1v) is 7.02. The van der Waals surface area contributed by atoms with Crippen LogP contribution < -0.4 is 10.6 Å². The van der Waals surface area contributed by atoms with Crippen molar-refractivity contribution in [2.45, 2.75) is 19.4 Å². The Bertz CT molecular complexity index is 569. The third-order valence-corrected chi connectivity index (χ3v) is 3.25. The van der Waals surface area contributed by atoms with Gasteiger partial charge in [-0.25, -0.2) is 4.39 Å². The Morgan fingerprint density at radius 3 is 2.38 bits per heavy atom. The van der Waals surface area contributed by atoms with Gasteiger partial charge < -0.3 is 10.6 Å². The van der Waals surface area contributed by atoms with E-state index in [1.54, 1.807) is 12.1 Å². The standard InChI is InChI=1S/C17H19FN2O/c1-2-16(13-6-4-3-5-7-13)19-12-17(21)20-15-10-8-14(18)9-11-15/h3-11,16,19H,2,12H2,1H3,(H,20,21). The molecule has 0 fully saturated rings. The molecule has 0 aliphatic heterocycles. The van der Waals surface area contributed by atoms with Crippen LogP contribution in [0.25, 0.3) is 0 Å². The molecule has 0 radical (unpaired) electrons. The molecule has 0 aliphatic carbocycles. The minimum absolute atomic E-state index is 0.143. The smallest absolute Gasteiger partial charge is 0.238 e. The van der Waals surface area contributed by atoms with Gasteiger partial charge in [-0.2, -0.15) is 0 Å². The summed E-state index contributed by atoms with van der Waals surface area (Å²) in [5.74, 6) is -0.461. The van der Waals surface area contributed by atoms with Crippen LogP contribution in [-0.4, -0.2) is 12.5 Å². The van der Waals surface area contributed by atoms with E-state index in [0.717, 1.165) is 12.0 Å². The lowest BCUT2D eigenvalue weighted by Gasteiger charge is -2.17. The Morgan fingerprint density at radius 2 is 1.76 bits per heavy atom. The van der Waals surface area contributed by atoms with Crippen molar-refractivity contribution in [2.75, 3.05) is 11.9 Å². The highest BCUT2D eigenvalue weighted by Crippen LogP contribution is 2.15. The summed E-state index contributed by atoms with van der Waals surface area (Å²) in [6, 6.07) is 15.9. The normalized spacial score (nSPS) is 11.9. The van der Waals surface area contributed by atoms with Gasteiger partial charge in [-0.1, -0.05) is 37.3 Å². The summed E-state index contributed by atoms with van der Waals surface area (Å²) in [6.45, 7) is 2.29. The molecule has 1 atom stereocenters. The van der Waals surface area contributed by atoms with E-state index in [-0.39, 0.29) is 24.3 Å². The summed E-state index contributed by atoms with van der Waals surface area (Å²) in [6.07, 6.45) is 0.897. The van der Waals surface area contributed by atoms with Gasteiger partial charge in [0.15, 0.2) is 0 Å². The van der Waals surface area contributed by atoms with Crippen molar-refractivity contribution in [1.82, 2.24) is 5.32 Å². The predicted molar refractivity (Wildman–Crippen MR) is 82.5 cm³/mol. The van der Waals surface area contributed by atoms with Gasteiger partial charge in [0.2, 0.25) is 5.91 Å². The van der Waals surface area contributed by atoms with Crippen LogP contribution in [0, 0.1) is 5.82 Å². The molecule has 110 valence electrons. The predicted octanol–water partition coefficient (Wildman–Crippen LogP) is 3.51. The van der Waals surface area contributed by atoms with Gasteiger partial charge in [0.25, 0.3) is 0 Å².